The van der Waals surface area contributed by atoms with Crippen LogP contribution in [0.5, 0.6) is 0 Å². The van der Waals surface area contributed by atoms with E-state index >= 15 is 0 Å². The summed E-state index contributed by atoms with van der Waals surface area (Å²) in [5, 5.41) is 0. The van der Waals surface area contributed by atoms with Crippen LogP contribution in [0.15, 0.2) is 0 Å². The third-order valence-electron chi connectivity index (χ3n) is 3.50. The van der Waals surface area contributed by atoms with Gasteiger partial charge in [0.2, 0.25) is 0 Å². The zero-order valence-corrected chi connectivity index (χ0v) is 10.7. The second-order valence-electron chi connectivity index (χ2n) is 5.94. The number of likely N-dealkylation sites (tertiary alicyclic amines) is 1. The van der Waals surface area contributed by atoms with Crippen LogP contribution in [0.25, 0.3) is 0 Å². The van der Waals surface area contributed by atoms with Gasteiger partial charge in [0, 0.05) is 25.2 Å². The number of hydrogen-bond donors (Lipinski definition) is 0. The third kappa shape index (κ3) is 2.32. The van der Waals surface area contributed by atoms with E-state index in [2.05, 4.69) is 11.9 Å². The van der Waals surface area contributed by atoms with Crippen molar-refractivity contribution in [2.24, 2.45) is 0 Å². The van der Waals surface area contributed by atoms with E-state index in [1.54, 1.807) is 0 Å². The van der Waals surface area contributed by atoms with Gasteiger partial charge >= 0.3 is 6.09 Å². The monoisotopic (exact) mass is 226 g/mol. The van der Waals surface area contributed by atoms with Gasteiger partial charge in [-0.15, -0.1) is 0 Å². The lowest BCUT2D eigenvalue weighted by atomic mass is 10.2. The molecule has 1 amide bonds. The Kier molecular flexibility index (Phi) is 2.86. The highest BCUT2D eigenvalue weighted by Crippen LogP contribution is 2.29. The quantitative estimate of drug-likeness (QED) is 0.630. The van der Waals surface area contributed by atoms with E-state index in [-0.39, 0.29) is 11.7 Å². The predicted molar refractivity (Wildman–Crippen MR) is 62.4 cm³/mol. The van der Waals surface area contributed by atoms with Gasteiger partial charge in [0.05, 0.1) is 0 Å². The summed E-state index contributed by atoms with van der Waals surface area (Å²) in [4.78, 5) is 16.2. The Balaban J connectivity index is 1.95. The molecule has 2 unspecified atom stereocenters. The van der Waals surface area contributed by atoms with Gasteiger partial charge in [-0.2, -0.15) is 0 Å². The largest absolute Gasteiger partial charge is 0.444 e. The molecule has 0 radical (unpaired) electrons. The van der Waals surface area contributed by atoms with Crippen molar-refractivity contribution >= 4 is 6.09 Å². The molecule has 0 aromatic carbocycles. The van der Waals surface area contributed by atoms with E-state index < -0.39 is 0 Å². The van der Waals surface area contributed by atoms with Crippen molar-refractivity contribution in [1.29, 1.82) is 0 Å². The van der Waals surface area contributed by atoms with Crippen molar-refractivity contribution in [3.63, 3.8) is 0 Å². The number of amides is 1. The van der Waals surface area contributed by atoms with Gasteiger partial charge in [-0.05, 0) is 40.7 Å². The summed E-state index contributed by atoms with van der Waals surface area (Å²) in [7, 11) is 2.16. The first kappa shape index (κ1) is 11.7. The first-order valence-corrected chi connectivity index (χ1v) is 6.07. The molecule has 2 saturated heterocycles. The number of rotatable bonds is 0. The number of likely N-dealkylation sites (N-methyl/N-ethyl adjacent to an activating group) is 1. The van der Waals surface area contributed by atoms with E-state index in [0.29, 0.717) is 12.1 Å². The maximum Gasteiger partial charge on any atom is 0.410 e. The lowest BCUT2D eigenvalue weighted by Gasteiger charge is -2.39. The van der Waals surface area contributed by atoms with Crippen molar-refractivity contribution < 1.29 is 9.53 Å². The van der Waals surface area contributed by atoms with E-state index in [1.807, 2.05) is 25.7 Å². The summed E-state index contributed by atoms with van der Waals surface area (Å²) < 4.78 is 5.41. The average molecular weight is 226 g/mol. The lowest BCUT2D eigenvalue weighted by molar-refractivity contribution is 0.00577. The van der Waals surface area contributed by atoms with Gasteiger partial charge in [-0.1, -0.05) is 0 Å². The molecule has 2 fully saturated rings. The summed E-state index contributed by atoms with van der Waals surface area (Å²) in [5.41, 5.74) is -0.389. The molecule has 0 aromatic rings. The topological polar surface area (TPSA) is 32.8 Å². The standard InChI is InChI=1S/C12H22N2O2/c1-12(2,3)16-11(15)14-7-9-5-6-10(8-14)13(9)4/h9-10H,5-8H2,1-4H3. The lowest BCUT2D eigenvalue weighted by Crippen LogP contribution is -2.54. The molecule has 2 rings (SSSR count). The van der Waals surface area contributed by atoms with E-state index in [1.165, 1.54) is 12.8 Å². The summed E-state index contributed by atoms with van der Waals surface area (Å²) in [6.07, 6.45) is 2.26. The minimum atomic E-state index is -0.389. The molecule has 16 heavy (non-hydrogen) atoms. The molecule has 2 aliphatic heterocycles. The Hall–Kier alpha value is -0.770. The second kappa shape index (κ2) is 3.91. The van der Waals surface area contributed by atoms with Gasteiger partial charge in [0.25, 0.3) is 0 Å². The Morgan fingerprint density at radius 2 is 1.69 bits per heavy atom. The highest BCUT2D eigenvalue weighted by Gasteiger charge is 2.40. The number of piperazine rings is 1. The first-order valence-electron chi connectivity index (χ1n) is 6.07. The van der Waals surface area contributed by atoms with Crippen LogP contribution in [0.1, 0.15) is 33.6 Å². The molecule has 0 saturated carbocycles. The zero-order chi connectivity index (χ0) is 11.9. The van der Waals surface area contributed by atoms with Gasteiger partial charge in [0.15, 0.2) is 0 Å². The van der Waals surface area contributed by atoms with Crippen LogP contribution < -0.4 is 0 Å². The van der Waals surface area contributed by atoms with E-state index in [0.717, 1.165) is 13.1 Å². The molecule has 2 atom stereocenters. The van der Waals surface area contributed by atoms with Crippen molar-refractivity contribution in [3.05, 3.63) is 0 Å². The van der Waals surface area contributed by atoms with Crippen LogP contribution in [0.2, 0.25) is 0 Å². The molecule has 2 heterocycles. The molecule has 92 valence electrons. The minimum Gasteiger partial charge on any atom is -0.444 e. The fraction of sp³-hybridized carbons (Fsp3) is 0.917. The fourth-order valence-electron chi connectivity index (χ4n) is 2.59. The van der Waals surface area contributed by atoms with Crippen molar-refractivity contribution in [3.8, 4) is 0 Å². The fourth-order valence-corrected chi connectivity index (χ4v) is 2.59. The highest BCUT2D eigenvalue weighted by atomic mass is 16.6. The van der Waals surface area contributed by atoms with Gasteiger partial charge in [-0.3, -0.25) is 4.90 Å². The summed E-state index contributed by atoms with van der Waals surface area (Å²) >= 11 is 0. The SMILES string of the molecule is CN1C2CCC1CN(C(=O)OC(C)(C)C)C2. The Bertz CT molecular complexity index is 271. The van der Waals surface area contributed by atoms with Crippen LogP contribution in [0.4, 0.5) is 4.79 Å². The van der Waals surface area contributed by atoms with Crippen LogP contribution in [0, 0.1) is 0 Å². The molecule has 4 heteroatoms. The third-order valence-corrected chi connectivity index (χ3v) is 3.50. The molecule has 2 aliphatic rings. The second-order valence-corrected chi connectivity index (χ2v) is 5.94. The van der Waals surface area contributed by atoms with Gasteiger partial charge in [-0.25, -0.2) is 4.79 Å². The molecule has 0 spiro atoms. The molecule has 0 N–H and O–H groups in total. The maximum absolute atomic E-state index is 11.9. The normalized spacial score (nSPS) is 30.6. The summed E-state index contributed by atoms with van der Waals surface area (Å²) in [5.74, 6) is 0. The first-order chi connectivity index (χ1) is 7.37. The zero-order valence-electron chi connectivity index (χ0n) is 10.7. The molecule has 0 aromatic heterocycles. The molecule has 4 nitrogen and oxygen atoms in total. The molecular formula is C12H22N2O2. The Morgan fingerprint density at radius 1 is 1.19 bits per heavy atom. The minimum absolute atomic E-state index is 0.155. The van der Waals surface area contributed by atoms with Crippen LogP contribution in [-0.2, 0) is 4.74 Å². The van der Waals surface area contributed by atoms with Crippen LogP contribution >= 0.6 is 0 Å². The molecule has 0 aliphatic carbocycles. The number of carbonyl (C=O) groups excluding carboxylic acids is 1. The Morgan fingerprint density at radius 3 is 2.12 bits per heavy atom. The summed E-state index contributed by atoms with van der Waals surface area (Å²) in [6.45, 7) is 7.38. The Labute approximate surface area is 97.5 Å². The van der Waals surface area contributed by atoms with Gasteiger partial charge in [0.1, 0.15) is 5.60 Å². The number of ether oxygens (including phenoxy) is 1. The number of hydrogen-bond acceptors (Lipinski definition) is 3. The summed E-state index contributed by atoms with van der Waals surface area (Å²) in [6, 6.07) is 1.07. The maximum atomic E-state index is 11.9. The van der Waals surface area contributed by atoms with Crippen LogP contribution in [-0.4, -0.2) is 53.7 Å². The molecule has 2 bridgehead atoms. The van der Waals surface area contributed by atoms with Crippen molar-refractivity contribution in [2.75, 3.05) is 20.1 Å². The number of carbonyl (C=O) groups is 1. The smallest absolute Gasteiger partial charge is 0.410 e. The predicted octanol–water partition coefficient (Wildman–Crippen LogP) is 1.70. The van der Waals surface area contributed by atoms with Crippen molar-refractivity contribution in [1.82, 2.24) is 9.80 Å². The van der Waals surface area contributed by atoms with Gasteiger partial charge < -0.3 is 9.64 Å². The molecular weight excluding hydrogens is 204 g/mol. The number of fused-ring (bicyclic) bond motifs is 2. The van der Waals surface area contributed by atoms with Crippen molar-refractivity contribution in [2.45, 2.75) is 51.3 Å². The van der Waals surface area contributed by atoms with Crippen LogP contribution in [0.3, 0.4) is 0 Å². The number of nitrogens with zero attached hydrogens (tertiary/aromatic N) is 2. The van der Waals surface area contributed by atoms with E-state index in [4.69, 9.17) is 4.74 Å². The van der Waals surface area contributed by atoms with E-state index in [9.17, 15) is 4.79 Å². The average Bonchev–Trinajstić information content (AvgIpc) is 2.38. The highest BCUT2D eigenvalue weighted by molar-refractivity contribution is 5.68.